The van der Waals surface area contributed by atoms with Crippen LogP contribution in [0.2, 0.25) is 0 Å². The van der Waals surface area contributed by atoms with Crippen molar-refractivity contribution >= 4 is 21.9 Å². The molecule has 4 heteroatoms. The summed E-state index contributed by atoms with van der Waals surface area (Å²) in [6.07, 6.45) is 3.27. The molecule has 1 rings (SSSR count). The lowest BCUT2D eigenvalue weighted by Gasteiger charge is -2.22. The van der Waals surface area contributed by atoms with E-state index in [0.29, 0.717) is 12.8 Å². The summed E-state index contributed by atoms with van der Waals surface area (Å²) in [5, 5.41) is 8.93. The van der Waals surface area contributed by atoms with E-state index < -0.39 is 11.6 Å². The van der Waals surface area contributed by atoms with Gasteiger partial charge in [-0.25, -0.2) is 4.79 Å². The molecule has 3 nitrogen and oxygen atoms in total. The summed E-state index contributed by atoms with van der Waals surface area (Å²) in [4.78, 5) is 10.9. The number of rotatable bonds is 3. The van der Waals surface area contributed by atoms with Crippen molar-refractivity contribution in [2.75, 3.05) is 0 Å². The molecule has 0 aromatic carbocycles. The molecule has 0 saturated heterocycles. The molecule has 0 saturated carbocycles. The van der Waals surface area contributed by atoms with Gasteiger partial charge >= 0.3 is 5.97 Å². The molecule has 0 aromatic heterocycles. The third-order valence-corrected chi connectivity index (χ3v) is 2.38. The van der Waals surface area contributed by atoms with Gasteiger partial charge in [-0.3, -0.25) is 0 Å². The first-order valence-corrected chi connectivity index (χ1v) is 4.66. The topological polar surface area (TPSA) is 46.5 Å². The van der Waals surface area contributed by atoms with E-state index in [1.54, 1.807) is 0 Å². The van der Waals surface area contributed by atoms with Gasteiger partial charge in [-0.15, -0.1) is 0 Å². The highest BCUT2D eigenvalue weighted by Gasteiger charge is 2.43. The maximum absolute atomic E-state index is 10.9. The van der Waals surface area contributed by atoms with Gasteiger partial charge in [0, 0.05) is 10.9 Å². The Kier molecular flexibility index (Phi) is 2.77. The van der Waals surface area contributed by atoms with E-state index in [-0.39, 0.29) is 0 Å². The van der Waals surface area contributed by atoms with E-state index in [1.165, 1.54) is 6.26 Å². The predicted molar refractivity (Wildman–Crippen MR) is 48.0 cm³/mol. The fourth-order valence-electron chi connectivity index (χ4n) is 1.32. The van der Waals surface area contributed by atoms with E-state index in [4.69, 9.17) is 9.84 Å². The van der Waals surface area contributed by atoms with Crippen LogP contribution in [-0.2, 0) is 9.53 Å². The van der Waals surface area contributed by atoms with Gasteiger partial charge in [0.05, 0.1) is 6.26 Å². The molecule has 0 spiro atoms. The van der Waals surface area contributed by atoms with Crippen molar-refractivity contribution in [2.24, 2.45) is 0 Å². The van der Waals surface area contributed by atoms with Gasteiger partial charge in [-0.2, -0.15) is 0 Å². The van der Waals surface area contributed by atoms with E-state index in [0.717, 1.165) is 10.9 Å². The fourth-order valence-corrected chi connectivity index (χ4v) is 1.86. The Labute approximate surface area is 79.5 Å². The molecule has 1 aliphatic rings. The third-order valence-electron chi connectivity index (χ3n) is 1.91. The molecule has 0 fully saturated rings. The highest BCUT2D eigenvalue weighted by molar-refractivity contribution is 9.11. The molecule has 0 aliphatic carbocycles. The van der Waals surface area contributed by atoms with Gasteiger partial charge in [-0.05, 0) is 6.42 Å². The zero-order valence-corrected chi connectivity index (χ0v) is 8.43. The number of carboxylic acids is 1. The van der Waals surface area contributed by atoms with Crippen LogP contribution >= 0.6 is 15.9 Å². The van der Waals surface area contributed by atoms with Crippen molar-refractivity contribution in [1.82, 2.24) is 0 Å². The molecule has 0 amide bonds. The largest absolute Gasteiger partial charge is 0.482 e. The molecule has 1 aliphatic heterocycles. The zero-order chi connectivity index (χ0) is 9.19. The molecule has 1 unspecified atom stereocenters. The van der Waals surface area contributed by atoms with Crippen LogP contribution in [0.5, 0.6) is 0 Å². The lowest BCUT2D eigenvalue weighted by atomic mass is 9.95. The van der Waals surface area contributed by atoms with Crippen molar-refractivity contribution in [2.45, 2.75) is 31.8 Å². The summed E-state index contributed by atoms with van der Waals surface area (Å²) in [6, 6.07) is 0. The maximum Gasteiger partial charge on any atom is 0.348 e. The summed E-state index contributed by atoms with van der Waals surface area (Å²) in [5.74, 6) is -0.880. The number of aliphatic carboxylic acids is 1. The molecular formula is C8H11BrO3. The Morgan fingerprint density at radius 3 is 2.92 bits per heavy atom. The Morgan fingerprint density at radius 2 is 2.58 bits per heavy atom. The Hall–Kier alpha value is -0.510. The van der Waals surface area contributed by atoms with Gasteiger partial charge < -0.3 is 9.84 Å². The van der Waals surface area contributed by atoms with Crippen LogP contribution in [0.3, 0.4) is 0 Å². The highest BCUT2D eigenvalue weighted by atomic mass is 79.9. The normalized spacial score (nSPS) is 28.0. The van der Waals surface area contributed by atoms with Crippen molar-refractivity contribution in [3.05, 3.63) is 10.7 Å². The number of hydrogen-bond acceptors (Lipinski definition) is 2. The second-order valence-corrected chi connectivity index (χ2v) is 3.93. The second-order valence-electron chi connectivity index (χ2n) is 2.91. The average Bonchev–Trinajstić information content (AvgIpc) is 2.34. The molecule has 1 heterocycles. The van der Waals surface area contributed by atoms with Crippen LogP contribution in [0, 0.1) is 0 Å². The van der Waals surface area contributed by atoms with Gasteiger partial charge in [0.25, 0.3) is 0 Å². The minimum absolute atomic E-state index is 0.441. The second kappa shape index (κ2) is 3.47. The van der Waals surface area contributed by atoms with Crippen LogP contribution in [0.15, 0.2) is 10.7 Å². The first-order valence-electron chi connectivity index (χ1n) is 3.86. The molecule has 0 aromatic rings. The van der Waals surface area contributed by atoms with E-state index in [1.807, 2.05) is 6.92 Å². The van der Waals surface area contributed by atoms with Gasteiger partial charge in [-0.1, -0.05) is 29.3 Å². The monoisotopic (exact) mass is 234 g/mol. The average molecular weight is 235 g/mol. The lowest BCUT2D eigenvalue weighted by Crippen LogP contribution is -2.37. The van der Waals surface area contributed by atoms with Crippen molar-refractivity contribution in [3.63, 3.8) is 0 Å². The summed E-state index contributed by atoms with van der Waals surface area (Å²) in [5.41, 5.74) is -1.01. The van der Waals surface area contributed by atoms with E-state index >= 15 is 0 Å². The quantitative estimate of drug-likeness (QED) is 0.816. The first-order chi connectivity index (χ1) is 5.60. The van der Waals surface area contributed by atoms with Crippen molar-refractivity contribution in [1.29, 1.82) is 0 Å². The van der Waals surface area contributed by atoms with E-state index in [9.17, 15) is 4.79 Å². The van der Waals surface area contributed by atoms with Crippen LogP contribution in [0.25, 0.3) is 0 Å². The van der Waals surface area contributed by atoms with Gasteiger partial charge in [0.2, 0.25) is 5.60 Å². The minimum atomic E-state index is -1.01. The smallest absolute Gasteiger partial charge is 0.348 e. The van der Waals surface area contributed by atoms with Crippen molar-refractivity contribution in [3.8, 4) is 0 Å². The predicted octanol–water partition coefficient (Wildman–Crippen LogP) is 2.27. The van der Waals surface area contributed by atoms with Crippen molar-refractivity contribution < 1.29 is 14.6 Å². The number of carboxylic acid groups (broad SMARTS) is 1. The number of carbonyl (C=O) groups is 1. The molecule has 1 N–H and O–H groups in total. The molecule has 12 heavy (non-hydrogen) atoms. The van der Waals surface area contributed by atoms with Gasteiger partial charge in [0.15, 0.2) is 0 Å². The van der Waals surface area contributed by atoms with Crippen LogP contribution in [0.4, 0.5) is 0 Å². The Balaban J connectivity index is 2.71. The number of halogens is 1. The van der Waals surface area contributed by atoms with Gasteiger partial charge in [0.1, 0.15) is 0 Å². The Bertz CT molecular complexity index is 224. The number of ether oxygens (including phenoxy) is 1. The summed E-state index contributed by atoms with van der Waals surface area (Å²) in [6.45, 7) is 1.94. The molecular weight excluding hydrogens is 224 g/mol. The zero-order valence-electron chi connectivity index (χ0n) is 6.84. The minimum Gasteiger partial charge on any atom is -0.482 e. The molecule has 1 atom stereocenters. The summed E-state index contributed by atoms with van der Waals surface area (Å²) >= 11 is 3.22. The van der Waals surface area contributed by atoms with E-state index in [2.05, 4.69) is 15.9 Å². The third kappa shape index (κ3) is 1.63. The maximum atomic E-state index is 10.9. The summed E-state index contributed by atoms with van der Waals surface area (Å²) < 4.78 is 5.96. The fraction of sp³-hybridized carbons (Fsp3) is 0.625. The van der Waals surface area contributed by atoms with Crippen LogP contribution in [-0.4, -0.2) is 16.7 Å². The SMILES string of the molecule is CCCC1(C(=O)O)CC(Br)=CO1. The molecule has 68 valence electrons. The first kappa shape index (κ1) is 9.58. The van der Waals surface area contributed by atoms with Crippen LogP contribution in [0.1, 0.15) is 26.2 Å². The van der Waals surface area contributed by atoms with Crippen LogP contribution < -0.4 is 0 Å². The standard InChI is InChI=1S/C8H11BrO3/c1-2-3-8(7(10)11)4-6(9)5-12-8/h5H,2-4H2,1H3,(H,10,11). The number of hydrogen-bond donors (Lipinski definition) is 1. The highest BCUT2D eigenvalue weighted by Crippen LogP contribution is 2.35. The molecule has 0 bridgehead atoms. The Morgan fingerprint density at radius 1 is 1.92 bits per heavy atom. The molecule has 0 radical (unpaired) electrons. The lowest BCUT2D eigenvalue weighted by molar-refractivity contribution is -0.157. The summed E-state index contributed by atoms with van der Waals surface area (Å²) in [7, 11) is 0.